The molecule has 0 saturated heterocycles. The zero-order chi connectivity index (χ0) is 27.0. The van der Waals surface area contributed by atoms with Crippen LogP contribution in [0.2, 0.25) is 0 Å². The van der Waals surface area contributed by atoms with E-state index in [-0.39, 0.29) is 0 Å². The van der Waals surface area contributed by atoms with Crippen molar-refractivity contribution in [3.63, 3.8) is 0 Å². The summed E-state index contributed by atoms with van der Waals surface area (Å²) < 4.78 is 0. The van der Waals surface area contributed by atoms with Gasteiger partial charge in [0.2, 0.25) is 0 Å². The Labute approximate surface area is 255 Å². The number of benzene rings is 4. The van der Waals surface area contributed by atoms with Crippen molar-refractivity contribution >= 4 is 47.0 Å². The smallest absolute Gasteiger partial charge is 0.0261 e. The monoisotopic (exact) mass is 590 g/mol. The van der Waals surface area contributed by atoms with E-state index < -0.39 is 0 Å². The number of hydrogen-bond acceptors (Lipinski definition) is 4. The molecule has 0 fully saturated rings. The average molecular weight is 591 g/mol. The van der Waals surface area contributed by atoms with Crippen molar-refractivity contribution in [2.45, 2.75) is 46.0 Å². The van der Waals surface area contributed by atoms with E-state index in [1.807, 2.05) is 47.0 Å². The van der Waals surface area contributed by atoms with Gasteiger partial charge >= 0.3 is 0 Å². The molecule has 0 N–H and O–H groups in total. The molecule has 0 atom stereocenters. The van der Waals surface area contributed by atoms with E-state index in [2.05, 4.69) is 109 Å². The summed E-state index contributed by atoms with van der Waals surface area (Å²) in [4.78, 5) is 0. The molecule has 2 heterocycles. The van der Waals surface area contributed by atoms with E-state index in [9.17, 15) is 0 Å². The van der Waals surface area contributed by atoms with Crippen LogP contribution < -0.4 is 0 Å². The van der Waals surface area contributed by atoms with E-state index >= 15 is 0 Å². The third-order valence-corrected chi connectivity index (χ3v) is 11.0. The highest BCUT2D eigenvalue weighted by Crippen LogP contribution is 2.27. The van der Waals surface area contributed by atoms with Crippen LogP contribution in [0.3, 0.4) is 0 Å². The van der Waals surface area contributed by atoms with Crippen molar-refractivity contribution in [3.8, 4) is 23.7 Å². The number of hydrogen-bond donors (Lipinski definition) is 0. The van der Waals surface area contributed by atoms with E-state index in [0.717, 1.165) is 57.1 Å². The molecule has 0 radical (unpaired) electrons. The second-order valence-corrected chi connectivity index (χ2v) is 14.1. The molecular formula is C36H30S4. The lowest BCUT2D eigenvalue weighted by molar-refractivity contribution is 1.27. The highest BCUT2D eigenvalue weighted by atomic mass is 32.2. The molecule has 2 aliphatic heterocycles. The molecule has 0 aromatic heterocycles. The van der Waals surface area contributed by atoms with Gasteiger partial charge in [-0.15, -0.1) is 0 Å². The summed E-state index contributed by atoms with van der Waals surface area (Å²) in [5, 5.41) is 0. The first-order valence-electron chi connectivity index (χ1n) is 13.5. The maximum absolute atomic E-state index is 3.35. The van der Waals surface area contributed by atoms with Crippen LogP contribution in [0.25, 0.3) is 0 Å². The van der Waals surface area contributed by atoms with Gasteiger partial charge in [-0.1, -0.05) is 72.5 Å². The lowest BCUT2D eigenvalue weighted by Crippen LogP contribution is -1.93. The third-order valence-electron chi connectivity index (χ3n) is 6.71. The van der Waals surface area contributed by atoms with Crippen molar-refractivity contribution in [1.29, 1.82) is 0 Å². The van der Waals surface area contributed by atoms with Gasteiger partial charge in [-0.25, -0.2) is 0 Å². The minimum absolute atomic E-state index is 1.000. The highest BCUT2D eigenvalue weighted by molar-refractivity contribution is 7.98. The molecule has 40 heavy (non-hydrogen) atoms. The zero-order valence-corrected chi connectivity index (χ0v) is 25.6. The van der Waals surface area contributed by atoms with Crippen LogP contribution in [-0.4, -0.2) is 0 Å². The van der Waals surface area contributed by atoms with Crippen LogP contribution in [0, 0.1) is 23.7 Å². The summed E-state index contributed by atoms with van der Waals surface area (Å²) in [6.07, 6.45) is 0. The van der Waals surface area contributed by atoms with E-state index in [0.29, 0.717) is 0 Å². The Bertz CT molecular complexity index is 1420. The quantitative estimate of drug-likeness (QED) is 0.187. The van der Waals surface area contributed by atoms with Gasteiger partial charge in [-0.3, -0.25) is 0 Å². The molecule has 2 aliphatic rings. The highest BCUT2D eigenvalue weighted by Gasteiger charge is 2.07. The Kier molecular flexibility index (Phi) is 9.54. The van der Waals surface area contributed by atoms with Crippen molar-refractivity contribution < 1.29 is 0 Å². The molecule has 8 bridgehead atoms. The average Bonchev–Trinajstić information content (AvgIpc) is 2.95. The third kappa shape index (κ3) is 7.99. The number of thioether (sulfide) groups is 4. The first-order chi connectivity index (χ1) is 19.7. The molecule has 4 aromatic carbocycles. The Balaban J connectivity index is 1.17. The Morgan fingerprint density at radius 2 is 0.625 bits per heavy atom. The number of rotatable bonds is 0. The molecule has 0 spiro atoms. The normalized spacial score (nSPS) is 14.9. The fraction of sp³-hybridized carbons (Fsp3) is 0.222. The van der Waals surface area contributed by atoms with Gasteiger partial charge in [0.15, 0.2) is 0 Å². The van der Waals surface area contributed by atoms with Gasteiger partial charge in [-0.2, -0.15) is 47.0 Å². The van der Waals surface area contributed by atoms with Gasteiger partial charge in [0, 0.05) is 57.1 Å². The van der Waals surface area contributed by atoms with Gasteiger partial charge in [-0.05, 0) is 80.6 Å². The Morgan fingerprint density at radius 3 is 0.950 bits per heavy atom. The molecule has 0 aliphatic carbocycles. The predicted molar refractivity (Wildman–Crippen MR) is 180 cm³/mol. The minimum Gasteiger partial charge on any atom is -0.152 e. The second kappa shape index (κ2) is 13.8. The topological polar surface area (TPSA) is 0 Å². The summed E-state index contributed by atoms with van der Waals surface area (Å²) in [7, 11) is 0. The lowest BCUT2D eigenvalue weighted by atomic mass is 10.1. The van der Waals surface area contributed by atoms with Gasteiger partial charge < -0.3 is 0 Å². The van der Waals surface area contributed by atoms with E-state index in [1.54, 1.807) is 0 Å². The van der Waals surface area contributed by atoms with Gasteiger partial charge in [0.25, 0.3) is 0 Å². The first-order valence-corrected chi connectivity index (χ1v) is 18.1. The van der Waals surface area contributed by atoms with Crippen LogP contribution in [0.15, 0.2) is 84.9 Å². The summed E-state index contributed by atoms with van der Waals surface area (Å²) in [6, 6.07) is 31.7. The minimum atomic E-state index is 1.000. The van der Waals surface area contributed by atoms with E-state index in [4.69, 9.17) is 0 Å². The van der Waals surface area contributed by atoms with Crippen molar-refractivity contribution in [2.24, 2.45) is 0 Å². The van der Waals surface area contributed by atoms with Crippen molar-refractivity contribution in [1.82, 2.24) is 0 Å². The Hall–Kier alpha value is -2.60. The fourth-order valence-electron chi connectivity index (χ4n) is 4.98. The standard InChI is InChI=1S/C36H30S4/c1(5-27-11-33-17-34(12-27)24-38-20-30-8-3-7-29(15-30)19-37-23-33)2-6-28-13-35-18-36(14-28)26-40-22-32-10-4-9-31(16-32)21-39-25-35/h3-4,7-18H,19-26H2. The van der Waals surface area contributed by atoms with Gasteiger partial charge in [0.1, 0.15) is 0 Å². The summed E-state index contributed by atoms with van der Waals surface area (Å²) >= 11 is 7.89. The Morgan fingerprint density at radius 1 is 0.350 bits per heavy atom. The van der Waals surface area contributed by atoms with Crippen molar-refractivity contribution in [2.75, 3.05) is 0 Å². The molecule has 0 saturated carbocycles. The number of fused-ring (bicyclic) bond motifs is 8. The molecule has 4 heteroatoms. The van der Waals surface area contributed by atoms with Crippen LogP contribution in [-0.2, 0) is 46.0 Å². The lowest BCUT2D eigenvalue weighted by Gasteiger charge is -2.11. The predicted octanol–water partition coefficient (Wildman–Crippen LogP) is 9.45. The fourth-order valence-corrected chi connectivity index (χ4v) is 8.65. The van der Waals surface area contributed by atoms with Crippen molar-refractivity contribution in [3.05, 3.63) is 141 Å². The molecule has 0 amide bonds. The first kappa shape index (κ1) is 27.6. The summed E-state index contributed by atoms with van der Waals surface area (Å²) in [5.41, 5.74) is 13.2. The largest absolute Gasteiger partial charge is 0.152 e. The molecular weight excluding hydrogens is 561 g/mol. The molecule has 0 nitrogen and oxygen atoms in total. The SMILES string of the molecule is C(C#Cc1cc2cc(c1)CSCc1cccc(c1)CSC2)#Cc1cc2cc(c1)CSCc1cccc(c1)CSC2. The maximum Gasteiger partial charge on any atom is 0.0261 e. The van der Waals surface area contributed by atoms with E-state index in [1.165, 1.54) is 44.5 Å². The summed E-state index contributed by atoms with van der Waals surface area (Å²) in [5.74, 6) is 21.2. The molecule has 6 rings (SSSR count). The van der Waals surface area contributed by atoms with Gasteiger partial charge in [0.05, 0.1) is 0 Å². The van der Waals surface area contributed by atoms with Crippen LogP contribution in [0.5, 0.6) is 0 Å². The molecule has 0 unspecified atom stereocenters. The second-order valence-electron chi connectivity index (χ2n) is 10.2. The molecule has 4 aromatic rings. The van der Waals surface area contributed by atoms with Crippen LogP contribution in [0.1, 0.15) is 55.6 Å². The van der Waals surface area contributed by atoms with Crippen LogP contribution in [0.4, 0.5) is 0 Å². The molecule has 198 valence electrons. The maximum atomic E-state index is 3.35. The zero-order valence-electron chi connectivity index (χ0n) is 22.4. The summed E-state index contributed by atoms with van der Waals surface area (Å²) in [6.45, 7) is 0. The van der Waals surface area contributed by atoms with Crippen LogP contribution >= 0.6 is 47.0 Å².